The van der Waals surface area contributed by atoms with E-state index < -0.39 is 0 Å². The fourth-order valence-electron chi connectivity index (χ4n) is 1.99. The molecule has 0 amide bonds. The Morgan fingerprint density at radius 2 is 2.05 bits per heavy atom. The van der Waals surface area contributed by atoms with Crippen LogP contribution in [-0.2, 0) is 6.42 Å². The summed E-state index contributed by atoms with van der Waals surface area (Å²) in [6, 6.07) is 8.77. The fraction of sp³-hybridized carbons (Fsp3) is 0.267. The summed E-state index contributed by atoms with van der Waals surface area (Å²) in [5, 5.41) is 3.74. The third kappa shape index (κ3) is 3.44. The van der Waals surface area contributed by atoms with Gasteiger partial charge in [0.25, 0.3) is 0 Å². The number of anilines is 1. The number of aromatic nitrogens is 1. The summed E-state index contributed by atoms with van der Waals surface area (Å²) in [6.07, 6.45) is 2.27. The second-order valence-corrected chi connectivity index (χ2v) is 4.99. The average molecular weight is 279 g/mol. The minimum atomic E-state index is -0.176. The predicted molar refractivity (Wildman–Crippen MR) is 77.2 cm³/mol. The standard InChI is InChI=1S/C15H16ClFN2/c1-10-7-8-18-15(16)14(10)19-11(2)9-12-5-3-4-6-13(12)17/h3-8,11,19H,9H2,1-2H3. The number of aryl methyl sites for hydroxylation is 1. The van der Waals surface area contributed by atoms with Gasteiger partial charge in [-0.3, -0.25) is 0 Å². The third-order valence-corrected chi connectivity index (χ3v) is 3.27. The van der Waals surface area contributed by atoms with Crippen molar-refractivity contribution in [3.8, 4) is 0 Å². The molecule has 1 atom stereocenters. The summed E-state index contributed by atoms with van der Waals surface area (Å²) in [5.74, 6) is -0.176. The molecule has 0 aliphatic rings. The zero-order valence-electron chi connectivity index (χ0n) is 11.0. The maximum absolute atomic E-state index is 13.6. The smallest absolute Gasteiger partial charge is 0.152 e. The van der Waals surface area contributed by atoms with E-state index in [4.69, 9.17) is 11.6 Å². The van der Waals surface area contributed by atoms with Crippen LogP contribution in [0.4, 0.5) is 10.1 Å². The van der Waals surface area contributed by atoms with E-state index in [0.717, 1.165) is 11.3 Å². The molecule has 0 aliphatic heterocycles. The topological polar surface area (TPSA) is 24.9 Å². The molecule has 0 spiro atoms. The number of rotatable bonds is 4. The van der Waals surface area contributed by atoms with Crippen molar-refractivity contribution >= 4 is 17.3 Å². The Bertz CT molecular complexity index is 552. The highest BCUT2D eigenvalue weighted by molar-refractivity contribution is 6.32. The van der Waals surface area contributed by atoms with E-state index in [-0.39, 0.29) is 11.9 Å². The number of benzene rings is 1. The number of halogens is 2. The minimum Gasteiger partial charge on any atom is -0.380 e. The van der Waals surface area contributed by atoms with Crippen molar-refractivity contribution in [3.05, 3.63) is 58.6 Å². The Balaban J connectivity index is 2.10. The Hall–Kier alpha value is -1.61. The molecule has 0 saturated heterocycles. The van der Waals surface area contributed by atoms with E-state index in [0.29, 0.717) is 17.1 Å². The molecule has 4 heteroatoms. The molecule has 0 radical (unpaired) electrons. The number of hydrogen-bond donors (Lipinski definition) is 1. The first-order valence-electron chi connectivity index (χ1n) is 6.19. The van der Waals surface area contributed by atoms with Gasteiger partial charge in [0, 0.05) is 12.2 Å². The SMILES string of the molecule is Cc1ccnc(Cl)c1NC(C)Cc1ccccc1F. The van der Waals surface area contributed by atoms with Gasteiger partial charge in [-0.05, 0) is 43.5 Å². The number of nitrogens with one attached hydrogen (secondary N) is 1. The van der Waals surface area contributed by atoms with Crippen LogP contribution in [0.3, 0.4) is 0 Å². The summed E-state index contributed by atoms with van der Waals surface area (Å²) in [7, 11) is 0. The lowest BCUT2D eigenvalue weighted by molar-refractivity contribution is 0.601. The molecule has 2 aromatic rings. The first-order chi connectivity index (χ1) is 9.08. The van der Waals surface area contributed by atoms with Crippen LogP contribution >= 0.6 is 11.6 Å². The Labute approximate surface area is 117 Å². The molecule has 19 heavy (non-hydrogen) atoms. The third-order valence-electron chi connectivity index (χ3n) is 2.99. The molecular formula is C15H16ClFN2. The van der Waals surface area contributed by atoms with Crippen LogP contribution in [0.25, 0.3) is 0 Å². The number of pyridine rings is 1. The molecule has 0 saturated carbocycles. The summed E-state index contributed by atoms with van der Waals surface area (Å²) >= 11 is 6.06. The molecule has 2 nitrogen and oxygen atoms in total. The van der Waals surface area contributed by atoms with Gasteiger partial charge >= 0.3 is 0 Å². The van der Waals surface area contributed by atoms with Crippen LogP contribution < -0.4 is 5.32 Å². The van der Waals surface area contributed by atoms with Gasteiger partial charge in [-0.1, -0.05) is 29.8 Å². The first-order valence-corrected chi connectivity index (χ1v) is 6.56. The van der Waals surface area contributed by atoms with E-state index in [1.54, 1.807) is 18.3 Å². The molecule has 1 unspecified atom stereocenters. The van der Waals surface area contributed by atoms with E-state index in [2.05, 4.69) is 10.3 Å². The largest absolute Gasteiger partial charge is 0.380 e. The average Bonchev–Trinajstić information content (AvgIpc) is 2.37. The van der Waals surface area contributed by atoms with Crippen LogP contribution in [0, 0.1) is 12.7 Å². The van der Waals surface area contributed by atoms with E-state index in [9.17, 15) is 4.39 Å². The molecule has 1 heterocycles. The first kappa shape index (κ1) is 13.8. The van der Waals surface area contributed by atoms with Crippen molar-refractivity contribution in [1.29, 1.82) is 0 Å². The highest BCUT2D eigenvalue weighted by atomic mass is 35.5. The lowest BCUT2D eigenvalue weighted by Gasteiger charge is -2.18. The summed E-state index contributed by atoms with van der Waals surface area (Å²) in [5.41, 5.74) is 2.54. The van der Waals surface area contributed by atoms with Crippen molar-refractivity contribution in [2.75, 3.05) is 5.32 Å². The Kier molecular flexibility index (Phi) is 4.38. The number of hydrogen-bond acceptors (Lipinski definition) is 2. The molecule has 0 aliphatic carbocycles. The normalized spacial score (nSPS) is 12.2. The second-order valence-electron chi connectivity index (χ2n) is 4.63. The van der Waals surface area contributed by atoms with Gasteiger partial charge in [-0.15, -0.1) is 0 Å². The van der Waals surface area contributed by atoms with Gasteiger partial charge in [0.05, 0.1) is 5.69 Å². The zero-order valence-corrected chi connectivity index (χ0v) is 11.7. The van der Waals surface area contributed by atoms with Gasteiger partial charge < -0.3 is 5.32 Å². The zero-order chi connectivity index (χ0) is 13.8. The highest BCUT2D eigenvalue weighted by Gasteiger charge is 2.11. The molecule has 1 aromatic carbocycles. The maximum atomic E-state index is 13.6. The van der Waals surface area contributed by atoms with Gasteiger partial charge in [0.2, 0.25) is 0 Å². The van der Waals surface area contributed by atoms with Crippen molar-refractivity contribution in [1.82, 2.24) is 4.98 Å². The molecule has 0 bridgehead atoms. The van der Waals surface area contributed by atoms with Crippen molar-refractivity contribution < 1.29 is 4.39 Å². The Morgan fingerprint density at radius 3 is 2.74 bits per heavy atom. The van der Waals surface area contributed by atoms with Crippen LogP contribution in [0.2, 0.25) is 5.15 Å². The summed E-state index contributed by atoms with van der Waals surface area (Å²) < 4.78 is 13.6. The van der Waals surface area contributed by atoms with Crippen molar-refractivity contribution in [2.45, 2.75) is 26.3 Å². The van der Waals surface area contributed by atoms with Gasteiger partial charge in [-0.2, -0.15) is 0 Å². The number of nitrogens with zero attached hydrogens (tertiary/aromatic N) is 1. The van der Waals surface area contributed by atoms with Crippen LogP contribution in [0.15, 0.2) is 36.5 Å². The van der Waals surface area contributed by atoms with E-state index in [1.807, 2.05) is 26.0 Å². The van der Waals surface area contributed by atoms with Crippen LogP contribution in [0.5, 0.6) is 0 Å². The molecule has 1 aromatic heterocycles. The molecule has 1 N–H and O–H groups in total. The van der Waals surface area contributed by atoms with Gasteiger partial charge in [0.15, 0.2) is 5.15 Å². The highest BCUT2D eigenvalue weighted by Crippen LogP contribution is 2.24. The van der Waals surface area contributed by atoms with Crippen molar-refractivity contribution in [2.24, 2.45) is 0 Å². The molecular weight excluding hydrogens is 263 g/mol. The van der Waals surface area contributed by atoms with Gasteiger partial charge in [-0.25, -0.2) is 9.37 Å². The fourth-order valence-corrected chi connectivity index (χ4v) is 2.25. The Morgan fingerprint density at radius 1 is 1.32 bits per heavy atom. The monoisotopic (exact) mass is 278 g/mol. The van der Waals surface area contributed by atoms with Crippen LogP contribution in [0.1, 0.15) is 18.1 Å². The lowest BCUT2D eigenvalue weighted by Crippen LogP contribution is -2.19. The summed E-state index contributed by atoms with van der Waals surface area (Å²) in [6.45, 7) is 3.96. The molecule has 100 valence electrons. The molecule has 0 fully saturated rings. The minimum absolute atomic E-state index is 0.0669. The predicted octanol–water partition coefficient (Wildman–Crippen LogP) is 4.23. The lowest BCUT2D eigenvalue weighted by atomic mass is 10.1. The van der Waals surface area contributed by atoms with Gasteiger partial charge in [0.1, 0.15) is 5.82 Å². The summed E-state index contributed by atoms with van der Waals surface area (Å²) in [4.78, 5) is 4.05. The van der Waals surface area contributed by atoms with Crippen LogP contribution in [-0.4, -0.2) is 11.0 Å². The molecule has 2 rings (SSSR count). The van der Waals surface area contributed by atoms with E-state index >= 15 is 0 Å². The second kappa shape index (κ2) is 6.02. The van der Waals surface area contributed by atoms with Crippen molar-refractivity contribution in [3.63, 3.8) is 0 Å². The van der Waals surface area contributed by atoms with E-state index in [1.165, 1.54) is 6.07 Å². The maximum Gasteiger partial charge on any atom is 0.152 e. The quantitative estimate of drug-likeness (QED) is 0.847.